The maximum Gasteiger partial charge on any atom is 0.181 e. The van der Waals surface area contributed by atoms with Gasteiger partial charge in [0.1, 0.15) is 5.76 Å². The average Bonchev–Trinajstić information content (AvgIpc) is 2.34. The van der Waals surface area contributed by atoms with Crippen molar-refractivity contribution in [1.29, 1.82) is 0 Å². The Balaban J connectivity index is 2.64. The van der Waals surface area contributed by atoms with E-state index in [1.54, 1.807) is 12.3 Å². The molecule has 0 amide bonds. The van der Waals surface area contributed by atoms with E-state index in [1.165, 1.54) is 19.4 Å². The SMILES string of the molecule is CC(=O)C=Cc1cnco1. The van der Waals surface area contributed by atoms with Gasteiger partial charge in [0.15, 0.2) is 12.2 Å². The molecule has 1 rings (SSSR count). The van der Waals surface area contributed by atoms with E-state index in [0.29, 0.717) is 5.76 Å². The number of aromatic nitrogens is 1. The van der Waals surface area contributed by atoms with Crippen molar-refractivity contribution >= 4 is 11.9 Å². The van der Waals surface area contributed by atoms with Crippen LogP contribution in [0.25, 0.3) is 6.08 Å². The number of carbonyl (C=O) groups excluding carboxylic acids is 1. The predicted octanol–water partition coefficient (Wildman–Crippen LogP) is 1.28. The molecular formula is C7H7NO2. The highest BCUT2D eigenvalue weighted by atomic mass is 16.3. The predicted molar refractivity (Wildman–Crippen MR) is 36.2 cm³/mol. The smallest absolute Gasteiger partial charge is 0.181 e. The van der Waals surface area contributed by atoms with Crippen molar-refractivity contribution in [2.45, 2.75) is 6.92 Å². The fraction of sp³-hybridized carbons (Fsp3) is 0.143. The molecule has 0 aromatic carbocycles. The molecule has 0 bridgehead atoms. The van der Waals surface area contributed by atoms with Crippen LogP contribution in [-0.2, 0) is 4.79 Å². The summed E-state index contributed by atoms with van der Waals surface area (Å²) in [6.45, 7) is 1.48. The molecule has 0 aliphatic carbocycles. The molecule has 0 saturated carbocycles. The average molecular weight is 137 g/mol. The summed E-state index contributed by atoms with van der Waals surface area (Å²) < 4.78 is 4.83. The molecule has 1 aromatic rings. The molecule has 10 heavy (non-hydrogen) atoms. The summed E-state index contributed by atoms with van der Waals surface area (Å²) in [6.07, 6.45) is 5.87. The quantitative estimate of drug-likeness (QED) is 0.576. The topological polar surface area (TPSA) is 43.1 Å². The number of allylic oxidation sites excluding steroid dienone is 1. The molecule has 0 atom stereocenters. The third kappa shape index (κ3) is 1.85. The van der Waals surface area contributed by atoms with Gasteiger partial charge in [-0.15, -0.1) is 0 Å². The Morgan fingerprint density at radius 1 is 1.80 bits per heavy atom. The molecule has 0 N–H and O–H groups in total. The highest BCUT2D eigenvalue weighted by molar-refractivity contribution is 5.91. The minimum Gasteiger partial charge on any atom is -0.444 e. The molecule has 0 unspecified atom stereocenters. The van der Waals surface area contributed by atoms with E-state index < -0.39 is 0 Å². The standard InChI is InChI=1S/C7H7NO2/c1-6(9)2-3-7-4-8-5-10-7/h2-5H,1H3. The molecule has 3 heteroatoms. The Bertz CT molecular complexity index is 236. The van der Waals surface area contributed by atoms with Crippen molar-refractivity contribution in [1.82, 2.24) is 4.98 Å². The monoisotopic (exact) mass is 137 g/mol. The summed E-state index contributed by atoms with van der Waals surface area (Å²) >= 11 is 0. The Kier molecular flexibility index (Phi) is 1.99. The van der Waals surface area contributed by atoms with Crippen molar-refractivity contribution in [3.63, 3.8) is 0 Å². The summed E-state index contributed by atoms with van der Waals surface area (Å²) in [6, 6.07) is 0. The summed E-state index contributed by atoms with van der Waals surface area (Å²) in [5.41, 5.74) is 0. The van der Waals surface area contributed by atoms with Gasteiger partial charge in [0.2, 0.25) is 0 Å². The van der Waals surface area contributed by atoms with Crippen LogP contribution >= 0.6 is 0 Å². The first kappa shape index (κ1) is 6.74. The van der Waals surface area contributed by atoms with Crippen LogP contribution in [0.4, 0.5) is 0 Å². The van der Waals surface area contributed by atoms with Crippen molar-refractivity contribution in [2.75, 3.05) is 0 Å². The van der Waals surface area contributed by atoms with E-state index in [0.717, 1.165) is 0 Å². The van der Waals surface area contributed by atoms with Gasteiger partial charge in [0, 0.05) is 0 Å². The van der Waals surface area contributed by atoms with Gasteiger partial charge in [0.25, 0.3) is 0 Å². The second kappa shape index (κ2) is 2.96. The lowest BCUT2D eigenvalue weighted by molar-refractivity contribution is -0.112. The van der Waals surface area contributed by atoms with Gasteiger partial charge >= 0.3 is 0 Å². The molecule has 0 aliphatic heterocycles. The summed E-state index contributed by atoms with van der Waals surface area (Å²) in [5, 5.41) is 0. The molecular weight excluding hydrogens is 130 g/mol. The minimum absolute atomic E-state index is 0.00333. The molecule has 1 aromatic heterocycles. The van der Waals surface area contributed by atoms with Gasteiger partial charge in [-0.05, 0) is 19.1 Å². The molecule has 52 valence electrons. The highest BCUT2D eigenvalue weighted by Gasteiger charge is 1.88. The van der Waals surface area contributed by atoms with Crippen molar-refractivity contribution < 1.29 is 9.21 Å². The van der Waals surface area contributed by atoms with Gasteiger partial charge in [0.05, 0.1) is 6.20 Å². The Morgan fingerprint density at radius 2 is 2.60 bits per heavy atom. The summed E-state index contributed by atoms with van der Waals surface area (Å²) in [7, 11) is 0. The molecule has 1 heterocycles. The van der Waals surface area contributed by atoms with Crippen LogP contribution in [0.5, 0.6) is 0 Å². The van der Waals surface area contributed by atoms with Gasteiger partial charge in [-0.3, -0.25) is 4.79 Å². The number of carbonyl (C=O) groups is 1. The van der Waals surface area contributed by atoms with E-state index in [1.807, 2.05) is 0 Å². The first-order valence-electron chi connectivity index (χ1n) is 2.86. The van der Waals surface area contributed by atoms with E-state index in [-0.39, 0.29) is 5.78 Å². The van der Waals surface area contributed by atoms with E-state index >= 15 is 0 Å². The number of rotatable bonds is 2. The van der Waals surface area contributed by atoms with E-state index in [4.69, 9.17) is 4.42 Å². The Labute approximate surface area is 58.4 Å². The largest absolute Gasteiger partial charge is 0.444 e. The number of ketones is 1. The molecule has 0 spiro atoms. The third-order valence-corrected chi connectivity index (χ3v) is 0.934. The maximum atomic E-state index is 10.4. The molecule has 3 nitrogen and oxygen atoms in total. The van der Waals surface area contributed by atoms with Gasteiger partial charge < -0.3 is 4.42 Å². The zero-order valence-corrected chi connectivity index (χ0v) is 5.57. The van der Waals surface area contributed by atoms with Gasteiger partial charge in [-0.2, -0.15) is 0 Å². The van der Waals surface area contributed by atoms with Crippen LogP contribution in [0.15, 0.2) is 23.1 Å². The number of hydrogen-bond acceptors (Lipinski definition) is 3. The number of nitrogens with zero attached hydrogens (tertiary/aromatic N) is 1. The number of hydrogen-bond donors (Lipinski definition) is 0. The van der Waals surface area contributed by atoms with E-state index in [2.05, 4.69) is 4.98 Å². The first-order chi connectivity index (χ1) is 4.79. The Hall–Kier alpha value is -1.38. The fourth-order valence-electron chi connectivity index (χ4n) is 0.507. The number of oxazole rings is 1. The van der Waals surface area contributed by atoms with Crippen molar-refractivity contribution in [3.8, 4) is 0 Å². The van der Waals surface area contributed by atoms with Crippen LogP contribution in [0, 0.1) is 0 Å². The normalized spacial score (nSPS) is 10.5. The lowest BCUT2D eigenvalue weighted by atomic mass is 10.3. The molecule has 0 radical (unpaired) electrons. The highest BCUT2D eigenvalue weighted by Crippen LogP contribution is 1.98. The van der Waals surface area contributed by atoms with Crippen LogP contribution in [0.3, 0.4) is 0 Å². The lowest BCUT2D eigenvalue weighted by Gasteiger charge is -1.78. The third-order valence-electron chi connectivity index (χ3n) is 0.934. The second-order valence-corrected chi connectivity index (χ2v) is 1.85. The van der Waals surface area contributed by atoms with Crippen LogP contribution in [-0.4, -0.2) is 10.8 Å². The molecule has 0 fully saturated rings. The van der Waals surface area contributed by atoms with Gasteiger partial charge in [-0.25, -0.2) is 4.98 Å². The van der Waals surface area contributed by atoms with Gasteiger partial charge in [-0.1, -0.05) is 0 Å². The Morgan fingerprint density at radius 3 is 3.10 bits per heavy atom. The maximum absolute atomic E-state index is 10.4. The zero-order valence-electron chi connectivity index (χ0n) is 5.57. The fourth-order valence-corrected chi connectivity index (χ4v) is 0.507. The van der Waals surface area contributed by atoms with Crippen LogP contribution < -0.4 is 0 Å². The van der Waals surface area contributed by atoms with E-state index in [9.17, 15) is 4.79 Å². The van der Waals surface area contributed by atoms with Crippen LogP contribution in [0.2, 0.25) is 0 Å². The van der Waals surface area contributed by atoms with Crippen molar-refractivity contribution in [2.24, 2.45) is 0 Å². The zero-order chi connectivity index (χ0) is 7.40. The second-order valence-electron chi connectivity index (χ2n) is 1.85. The van der Waals surface area contributed by atoms with Crippen LogP contribution in [0.1, 0.15) is 12.7 Å². The first-order valence-corrected chi connectivity index (χ1v) is 2.86. The lowest BCUT2D eigenvalue weighted by Crippen LogP contribution is -1.78. The summed E-state index contributed by atoms with van der Waals surface area (Å²) in [5.74, 6) is 0.589. The minimum atomic E-state index is -0.00333. The molecule has 0 saturated heterocycles. The van der Waals surface area contributed by atoms with Crippen molar-refractivity contribution in [3.05, 3.63) is 24.4 Å². The summed E-state index contributed by atoms with van der Waals surface area (Å²) in [4.78, 5) is 14.1. The molecule has 0 aliphatic rings.